The van der Waals surface area contributed by atoms with Crippen molar-refractivity contribution in [3.05, 3.63) is 71.3 Å². The lowest BCUT2D eigenvalue weighted by Crippen LogP contribution is -2.50. The number of amides is 2. The monoisotopic (exact) mass is 434 g/mol. The highest BCUT2D eigenvalue weighted by molar-refractivity contribution is 5.87. The summed E-state index contributed by atoms with van der Waals surface area (Å²) < 4.78 is 0. The zero-order valence-electron chi connectivity index (χ0n) is 19.8. The fourth-order valence-corrected chi connectivity index (χ4v) is 4.43. The highest BCUT2D eigenvalue weighted by Gasteiger charge is 2.27. The van der Waals surface area contributed by atoms with E-state index in [1.54, 1.807) is 4.90 Å². The van der Waals surface area contributed by atoms with Gasteiger partial charge in [0.1, 0.15) is 6.04 Å². The number of hydrogen-bond acceptors (Lipinski definition) is 2. The van der Waals surface area contributed by atoms with E-state index in [1.165, 1.54) is 24.0 Å². The highest BCUT2D eigenvalue weighted by Crippen LogP contribution is 2.19. The van der Waals surface area contributed by atoms with E-state index in [0.29, 0.717) is 25.3 Å². The summed E-state index contributed by atoms with van der Waals surface area (Å²) in [5, 5.41) is 3.17. The largest absolute Gasteiger partial charge is 0.352 e. The highest BCUT2D eigenvalue weighted by atomic mass is 16.2. The third kappa shape index (κ3) is 6.94. The summed E-state index contributed by atoms with van der Waals surface area (Å²) in [4.78, 5) is 27.9. The summed E-state index contributed by atoms with van der Waals surface area (Å²) in [6, 6.07) is 18.5. The summed E-state index contributed by atoms with van der Waals surface area (Å²) >= 11 is 0. The quantitative estimate of drug-likeness (QED) is 0.554. The number of hydrogen-bond donors (Lipinski definition) is 1. The van der Waals surface area contributed by atoms with Crippen LogP contribution in [0.4, 0.5) is 0 Å². The lowest BCUT2D eigenvalue weighted by Gasteiger charge is -2.30. The van der Waals surface area contributed by atoms with Gasteiger partial charge in [-0.05, 0) is 55.2 Å². The Morgan fingerprint density at radius 3 is 2.16 bits per heavy atom. The molecular formula is C28H38N2O2. The first-order valence-corrected chi connectivity index (χ1v) is 12.2. The average molecular weight is 435 g/mol. The predicted octanol–water partition coefficient (Wildman–Crippen LogP) is 5.26. The van der Waals surface area contributed by atoms with Crippen LogP contribution in [0, 0.1) is 0 Å². The molecule has 1 atom stereocenters. The molecule has 1 saturated carbocycles. The molecule has 0 saturated heterocycles. The van der Waals surface area contributed by atoms with Crippen LogP contribution in [0.1, 0.15) is 75.5 Å². The molecule has 4 heteroatoms. The first-order valence-electron chi connectivity index (χ1n) is 12.2. The molecule has 0 spiro atoms. The Kier molecular flexibility index (Phi) is 8.90. The van der Waals surface area contributed by atoms with Crippen LogP contribution in [0.3, 0.4) is 0 Å². The Balaban J connectivity index is 1.63. The van der Waals surface area contributed by atoms with Gasteiger partial charge in [0.2, 0.25) is 11.8 Å². The summed E-state index contributed by atoms with van der Waals surface area (Å²) in [7, 11) is 0. The molecule has 1 unspecified atom stereocenters. The van der Waals surface area contributed by atoms with Crippen LogP contribution in [0.2, 0.25) is 0 Å². The first-order chi connectivity index (χ1) is 15.4. The zero-order chi connectivity index (χ0) is 22.9. The third-order valence-corrected chi connectivity index (χ3v) is 6.63. The van der Waals surface area contributed by atoms with Crippen molar-refractivity contribution in [2.45, 2.75) is 83.7 Å². The van der Waals surface area contributed by atoms with Crippen LogP contribution in [0.15, 0.2) is 54.6 Å². The van der Waals surface area contributed by atoms with Crippen LogP contribution in [0.5, 0.6) is 0 Å². The van der Waals surface area contributed by atoms with Crippen LogP contribution < -0.4 is 5.32 Å². The number of carbonyl (C=O) groups excluding carboxylic acids is 2. The van der Waals surface area contributed by atoms with Crippen LogP contribution in [-0.2, 0) is 22.4 Å². The van der Waals surface area contributed by atoms with Crippen molar-refractivity contribution >= 4 is 11.8 Å². The summed E-state index contributed by atoms with van der Waals surface area (Å²) in [6.45, 7) is 6.78. The molecule has 1 N–H and O–H groups in total. The Labute approximate surface area is 193 Å². The van der Waals surface area contributed by atoms with Gasteiger partial charge < -0.3 is 10.2 Å². The second-order valence-corrected chi connectivity index (χ2v) is 9.38. The molecule has 0 aliphatic heterocycles. The normalized spacial score (nSPS) is 15.0. The number of nitrogens with one attached hydrogen (secondary N) is 1. The van der Waals surface area contributed by atoms with E-state index in [9.17, 15) is 9.59 Å². The van der Waals surface area contributed by atoms with Gasteiger partial charge in [0.05, 0.1) is 0 Å². The van der Waals surface area contributed by atoms with Crippen molar-refractivity contribution in [2.75, 3.05) is 6.54 Å². The summed E-state index contributed by atoms with van der Waals surface area (Å²) in [5.41, 5.74) is 3.65. The molecule has 172 valence electrons. The van der Waals surface area contributed by atoms with Crippen LogP contribution >= 0.6 is 0 Å². The van der Waals surface area contributed by atoms with Gasteiger partial charge in [0, 0.05) is 19.0 Å². The molecule has 32 heavy (non-hydrogen) atoms. The minimum absolute atomic E-state index is 0.0282. The fraction of sp³-hybridized carbons (Fsp3) is 0.500. The molecule has 1 aliphatic rings. The van der Waals surface area contributed by atoms with Gasteiger partial charge >= 0.3 is 0 Å². The maximum absolute atomic E-state index is 13.2. The molecule has 2 aromatic rings. The van der Waals surface area contributed by atoms with E-state index in [0.717, 1.165) is 24.8 Å². The van der Waals surface area contributed by atoms with E-state index in [1.807, 2.05) is 25.1 Å². The van der Waals surface area contributed by atoms with E-state index in [4.69, 9.17) is 0 Å². The Hall–Kier alpha value is -2.62. The molecule has 0 bridgehead atoms. The minimum atomic E-state index is -0.463. The number of carbonyl (C=O) groups is 2. The molecule has 1 aliphatic carbocycles. The second kappa shape index (κ2) is 11.8. The fourth-order valence-electron chi connectivity index (χ4n) is 4.43. The molecule has 3 rings (SSSR count). The van der Waals surface area contributed by atoms with E-state index >= 15 is 0 Å². The molecule has 4 nitrogen and oxygen atoms in total. The smallest absolute Gasteiger partial charge is 0.242 e. The predicted molar refractivity (Wildman–Crippen MR) is 131 cm³/mol. The topological polar surface area (TPSA) is 49.4 Å². The van der Waals surface area contributed by atoms with Gasteiger partial charge in [0.15, 0.2) is 0 Å². The van der Waals surface area contributed by atoms with Gasteiger partial charge in [-0.1, -0.05) is 81.3 Å². The van der Waals surface area contributed by atoms with E-state index < -0.39 is 6.04 Å². The number of aryl methyl sites for hydroxylation is 1. The molecule has 0 radical (unpaired) electrons. The summed E-state index contributed by atoms with van der Waals surface area (Å²) in [5.74, 6) is 0.515. The lowest BCUT2D eigenvalue weighted by atomic mass is 10.00. The maximum atomic E-state index is 13.2. The van der Waals surface area contributed by atoms with Gasteiger partial charge in [-0.15, -0.1) is 0 Å². The summed E-state index contributed by atoms with van der Waals surface area (Å²) in [6.07, 6.45) is 6.28. The van der Waals surface area contributed by atoms with Crippen molar-refractivity contribution in [1.82, 2.24) is 10.2 Å². The van der Waals surface area contributed by atoms with Crippen molar-refractivity contribution in [2.24, 2.45) is 0 Å². The molecule has 2 amide bonds. The molecule has 0 heterocycles. The maximum Gasteiger partial charge on any atom is 0.242 e. The van der Waals surface area contributed by atoms with Crippen molar-refractivity contribution in [1.29, 1.82) is 0 Å². The SMILES string of the molecule is CC(C)c1ccc(CCC(=O)N(CCc2ccccc2)C(C)C(=O)NC2CCCC2)cc1. The minimum Gasteiger partial charge on any atom is -0.352 e. The Bertz CT molecular complexity index is 855. The molecule has 0 aromatic heterocycles. The van der Waals surface area contributed by atoms with Crippen molar-refractivity contribution in [3.8, 4) is 0 Å². The first kappa shape index (κ1) is 24.0. The van der Waals surface area contributed by atoms with Crippen molar-refractivity contribution in [3.63, 3.8) is 0 Å². The average Bonchev–Trinajstić information content (AvgIpc) is 3.31. The van der Waals surface area contributed by atoms with Crippen LogP contribution in [0.25, 0.3) is 0 Å². The standard InChI is InChI=1S/C28H38N2O2/c1-21(2)25-16-13-24(14-17-25)15-18-27(31)30(20-19-23-9-5-4-6-10-23)22(3)28(32)29-26-11-7-8-12-26/h4-6,9-10,13-14,16-17,21-22,26H,7-8,11-12,15,18-20H2,1-3H3,(H,29,32). The van der Waals surface area contributed by atoms with Gasteiger partial charge in [0.25, 0.3) is 0 Å². The zero-order valence-corrected chi connectivity index (χ0v) is 19.8. The Morgan fingerprint density at radius 2 is 1.53 bits per heavy atom. The molecular weight excluding hydrogens is 396 g/mol. The number of rotatable bonds is 10. The van der Waals surface area contributed by atoms with Gasteiger partial charge in [-0.25, -0.2) is 0 Å². The van der Waals surface area contributed by atoms with Gasteiger partial charge in [-0.3, -0.25) is 9.59 Å². The van der Waals surface area contributed by atoms with Crippen LogP contribution in [-0.4, -0.2) is 35.3 Å². The van der Waals surface area contributed by atoms with E-state index in [-0.39, 0.29) is 17.9 Å². The Morgan fingerprint density at radius 1 is 0.906 bits per heavy atom. The second-order valence-electron chi connectivity index (χ2n) is 9.38. The number of benzene rings is 2. The van der Waals surface area contributed by atoms with E-state index in [2.05, 4.69) is 55.6 Å². The number of nitrogens with zero attached hydrogens (tertiary/aromatic N) is 1. The lowest BCUT2D eigenvalue weighted by molar-refractivity contribution is -0.140. The van der Waals surface area contributed by atoms with Crippen molar-refractivity contribution < 1.29 is 9.59 Å². The molecule has 2 aromatic carbocycles. The molecule has 1 fully saturated rings. The van der Waals surface area contributed by atoms with Gasteiger partial charge in [-0.2, -0.15) is 0 Å². The third-order valence-electron chi connectivity index (χ3n) is 6.63.